The molecule has 1 fully saturated rings. The van der Waals surface area contributed by atoms with Gasteiger partial charge in [-0.3, -0.25) is 0 Å². The van der Waals surface area contributed by atoms with E-state index in [-0.39, 0.29) is 6.10 Å². The molecule has 1 saturated carbocycles. The molecule has 2 aromatic heterocycles. The molecule has 0 spiro atoms. The zero-order valence-corrected chi connectivity index (χ0v) is 11.7. The van der Waals surface area contributed by atoms with Crippen molar-refractivity contribution in [3.8, 4) is 0 Å². The van der Waals surface area contributed by atoms with Gasteiger partial charge in [0.1, 0.15) is 17.3 Å². The summed E-state index contributed by atoms with van der Waals surface area (Å²) in [6.07, 6.45) is 3.07. The van der Waals surface area contributed by atoms with Crippen LogP contribution in [0.4, 0.5) is 5.82 Å². The lowest BCUT2D eigenvalue weighted by atomic mass is 9.82. The Bertz CT molecular complexity index is 607. The Morgan fingerprint density at radius 2 is 2.26 bits per heavy atom. The predicted molar refractivity (Wildman–Crippen MR) is 72.5 cm³/mol. The number of hydrogen-bond acceptors (Lipinski definition) is 5. The Labute approximate surface area is 116 Å². The second-order valence-corrected chi connectivity index (χ2v) is 5.55. The van der Waals surface area contributed by atoms with Crippen LogP contribution in [0.2, 0.25) is 5.15 Å². The van der Waals surface area contributed by atoms with Crippen LogP contribution >= 0.6 is 11.6 Å². The monoisotopic (exact) mass is 281 g/mol. The summed E-state index contributed by atoms with van der Waals surface area (Å²) in [6.45, 7) is 2.80. The summed E-state index contributed by atoms with van der Waals surface area (Å²) >= 11 is 6.14. The van der Waals surface area contributed by atoms with Gasteiger partial charge in [-0.05, 0) is 25.7 Å². The number of aromatic nitrogens is 4. The van der Waals surface area contributed by atoms with Crippen molar-refractivity contribution in [3.05, 3.63) is 17.0 Å². The van der Waals surface area contributed by atoms with Crippen LogP contribution < -0.4 is 4.90 Å². The lowest BCUT2D eigenvalue weighted by Crippen LogP contribution is -2.38. The van der Waals surface area contributed by atoms with Gasteiger partial charge in [-0.2, -0.15) is 19.6 Å². The number of aliphatic hydroxyl groups excluding tert-OH is 1. The molecule has 6 nitrogen and oxygen atoms in total. The van der Waals surface area contributed by atoms with Crippen LogP contribution in [0.5, 0.6) is 0 Å². The highest BCUT2D eigenvalue weighted by Gasteiger charge is 2.29. The topological polar surface area (TPSA) is 66.5 Å². The summed E-state index contributed by atoms with van der Waals surface area (Å²) < 4.78 is 1.70. The average Bonchev–Trinajstić information content (AvgIpc) is 2.75. The van der Waals surface area contributed by atoms with Crippen molar-refractivity contribution in [1.82, 2.24) is 19.6 Å². The minimum absolute atomic E-state index is 0.132. The normalized spacial score (nSPS) is 22.5. The lowest BCUT2D eigenvalue weighted by Gasteiger charge is -2.35. The van der Waals surface area contributed by atoms with E-state index >= 15 is 0 Å². The zero-order valence-electron chi connectivity index (χ0n) is 10.9. The molecule has 0 saturated heterocycles. The van der Waals surface area contributed by atoms with E-state index in [9.17, 15) is 5.11 Å². The zero-order chi connectivity index (χ0) is 13.6. The summed E-state index contributed by atoms with van der Waals surface area (Å²) in [5, 5.41) is 14.0. The Balaban J connectivity index is 1.94. The fourth-order valence-corrected chi connectivity index (χ4v) is 2.82. The molecule has 0 aliphatic heterocycles. The first-order valence-electron chi connectivity index (χ1n) is 6.31. The highest BCUT2D eigenvalue weighted by Crippen LogP contribution is 2.31. The fraction of sp³-hybridized carbons (Fsp3) is 0.583. The average molecular weight is 282 g/mol. The van der Waals surface area contributed by atoms with Gasteiger partial charge in [-0.25, -0.2) is 0 Å². The molecule has 0 aromatic carbocycles. The van der Waals surface area contributed by atoms with Gasteiger partial charge in [0, 0.05) is 19.2 Å². The summed E-state index contributed by atoms with van der Waals surface area (Å²) in [7, 11) is 2.00. The number of hydrogen-bond donors (Lipinski definition) is 1. The summed E-state index contributed by atoms with van der Waals surface area (Å²) in [6, 6.07) is 0. The van der Waals surface area contributed by atoms with Gasteiger partial charge >= 0.3 is 0 Å². The Morgan fingerprint density at radius 3 is 2.95 bits per heavy atom. The third kappa shape index (κ3) is 2.15. The Kier molecular flexibility index (Phi) is 3.06. The van der Waals surface area contributed by atoms with Crippen molar-refractivity contribution in [1.29, 1.82) is 0 Å². The van der Waals surface area contributed by atoms with Crippen LogP contribution in [0.1, 0.15) is 18.4 Å². The van der Waals surface area contributed by atoms with Gasteiger partial charge in [-0.15, -0.1) is 0 Å². The number of aliphatic hydroxyl groups is 1. The second-order valence-electron chi connectivity index (χ2n) is 5.19. The van der Waals surface area contributed by atoms with Crippen LogP contribution in [-0.2, 0) is 0 Å². The van der Waals surface area contributed by atoms with E-state index in [0.29, 0.717) is 16.8 Å². The Hall–Kier alpha value is -1.40. The summed E-state index contributed by atoms with van der Waals surface area (Å²) in [5.41, 5.74) is 0.891. The van der Waals surface area contributed by atoms with E-state index in [1.807, 2.05) is 14.0 Å². The molecule has 0 atom stereocenters. The predicted octanol–water partition coefficient (Wildman–Crippen LogP) is 1.29. The molecule has 2 heterocycles. The molecule has 1 aliphatic carbocycles. The molecule has 0 amide bonds. The number of nitrogens with zero attached hydrogens (tertiary/aromatic N) is 5. The summed E-state index contributed by atoms with van der Waals surface area (Å²) in [4.78, 5) is 10.4. The van der Waals surface area contributed by atoms with Crippen LogP contribution in [0.15, 0.2) is 6.33 Å². The number of halogens is 1. The van der Waals surface area contributed by atoms with Crippen molar-refractivity contribution in [3.63, 3.8) is 0 Å². The van der Waals surface area contributed by atoms with E-state index in [0.717, 1.165) is 30.8 Å². The molecule has 3 rings (SSSR count). The first-order chi connectivity index (χ1) is 9.06. The van der Waals surface area contributed by atoms with Crippen LogP contribution in [-0.4, -0.2) is 44.4 Å². The molecular formula is C12H16ClN5O. The van der Waals surface area contributed by atoms with Gasteiger partial charge < -0.3 is 10.0 Å². The molecule has 1 N–H and O–H groups in total. The van der Waals surface area contributed by atoms with Gasteiger partial charge in [0.2, 0.25) is 0 Å². The highest BCUT2D eigenvalue weighted by molar-refractivity contribution is 6.30. The molecule has 2 aromatic rings. The molecule has 0 radical (unpaired) electrons. The van der Waals surface area contributed by atoms with E-state index in [4.69, 9.17) is 11.6 Å². The van der Waals surface area contributed by atoms with E-state index in [2.05, 4.69) is 20.0 Å². The molecule has 0 bridgehead atoms. The Morgan fingerprint density at radius 1 is 1.53 bits per heavy atom. The number of fused-ring (bicyclic) bond motifs is 1. The SMILES string of the molecule is Cc1c(Cl)nc2ncnn2c1N(C)CC1CC(O)C1. The lowest BCUT2D eigenvalue weighted by molar-refractivity contribution is 0.0464. The minimum Gasteiger partial charge on any atom is -0.393 e. The standard InChI is InChI=1S/C12H16ClN5O/c1-7-10(13)16-12-14-6-15-18(12)11(7)17(2)5-8-3-9(19)4-8/h6,8-9,19H,3-5H2,1-2H3. The first kappa shape index (κ1) is 12.6. The third-order valence-corrected chi connectivity index (χ3v) is 4.05. The molecule has 7 heteroatoms. The summed E-state index contributed by atoms with van der Waals surface area (Å²) in [5.74, 6) is 1.94. The van der Waals surface area contributed by atoms with E-state index in [1.54, 1.807) is 4.52 Å². The molecule has 1 aliphatic rings. The first-order valence-corrected chi connectivity index (χ1v) is 6.69. The van der Waals surface area contributed by atoms with Crippen LogP contribution in [0, 0.1) is 12.8 Å². The maximum atomic E-state index is 9.36. The van der Waals surface area contributed by atoms with Crippen LogP contribution in [0.25, 0.3) is 5.78 Å². The largest absolute Gasteiger partial charge is 0.393 e. The molecule has 19 heavy (non-hydrogen) atoms. The highest BCUT2D eigenvalue weighted by atomic mass is 35.5. The maximum Gasteiger partial charge on any atom is 0.255 e. The van der Waals surface area contributed by atoms with Crippen LogP contribution in [0.3, 0.4) is 0 Å². The smallest absolute Gasteiger partial charge is 0.255 e. The molecule has 102 valence electrons. The van der Waals surface area contributed by atoms with E-state index in [1.165, 1.54) is 6.33 Å². The van der Waals surface area contributed by atoms with E-state index < -0.39 is 0 Å². The minimum atomic E-state index is -0.132. The number of anilines is 1. The number of rotatable bonds is 3. The van der Waals surface area contributed by atoms with Gasteiger partial charge in [0.15, 0.2) is 0 Å². The van der Waals surface area contributed by atoms with Crippen molar-refractivity contribution in [2.75, 3.05) is 18.5 Å². The second kappa shape index (κ2) is 4.61. The molecule has 0 unspecified atom stereocenters. The van der Waals surface area contributed by atoms with Gasteiger partial charge in [0.05, 0.1) is 6.10 Å². The fourth-order valence-electron chi connectivity index (χ4n) is 2.66. The maximum absolute atomic E-state index is 9.36. The van der Waals surface area contributed by atoms with Crippen molar-refractivity contribution in [2.24, 2.45) is 5.92 Å². The van der Waals surface area contributed by atoms with Gasteiger partial charge in [-0.1, -0.05) is 11.6 Å². The van der Waals surface area contributed by atoms with Gasteiger partial charge in [0.25, 0.3) is 5.78 Å². The van der Waals surface area contributed by atoms with Crippen molar-refractivity contribution < 1.29 is 5.11 Å². The van der Waals surface area contributed by atoms with Crippen molar-refractivity contribution >= 4 is 23.2 Å². The molecular weight excluding hydrogens is 266 g/mol. The van der Waals surface area contributed by atoms with Crippen molar-refractivity contribution in [2.45, 2.75) is 25.9 Å². The third-order valence-electron chi connectivity index (χ3n) is 3.68. The quantitative estimate of drug-likeness (QED) is 0.859.